The number of aromatic nitrogens is 2. The predicted octanol–water partition coefficient (Wildman–Crippen LogP) is 1.93. The lowest BCUT2D eigenvalue weighted by Gasteiger charge is -2.28. The summed E-state index contributed by atoms with van der Waals surface area (Å²) in [4.78, 5) is 11.2. The second-order valence-corrected chi connectivity index (χ2v) is 5.03. The van der Waals surface area contributed by atoms with E-state index in [9.17, 15) is 0 Å². The van der Waals surface area contributed by atoms with Gasteiger partial charge in [0.2, 0.25) is 0 Å². The van der Waals surface area contributed by atoms with Crippen LogP contribution in [0.25, 0.3) is 0 Å². The van der Waals surface area contributed by atoms with E-state index in [0.29, 0.717) is 5.82 Å². The van der Waals surface area contributed by atoms with Crippen LogP contribution in [-0.4, -0.2) is 21.4 Å². The highest BCUT2D eigenvalue weighted by Gasteiger charge is 2.20. The molecule has 0 unspecified atom stereocenters. The highest BCUT2D eigenvalue weighted by molar-refractivity contribution is 5.43. The van der Waals surface area contributed by atoms with Crippen molar-refractivity contribution in [3.8, 4) is 0 Å². The van der Waals surface area contributed by atoms with Gasteiger partial charge in [0.05, 0.1) is 5.69 Å². The molecule has 1 aliphatic rings. The number of hydrogen-bond donors (Lipinski definition) is 1. The van der Waals surface area contributed by atoms with Crippen LogP contribution in [-0.2, 0) is 19.5 Å². The van der Waals surface area contributed by atoms with E-state index < -0.39 is 0 Å². The minimum absolute atomic E-state index is 0.639. The van der Waals surface area contributed by atoms with Crippen molar-refractivity contribution in [2.24, 2.45) is 0 Å². The maximum absolute atomic E-state index is 6.02. The molecule has 0 bridgehead atoms. The van der Waals surface area contributed by atoms with Crippen molar-refractivity contribution in [3.63, 3.8) is 0 Å². The molecule has 2 aromatic rings. The van der Waals surface area contributed by atoms with Crippen LogP contribution in [0.4, 0.5) is 5.82 Å². The molecule has 1 aliphatic heterocycles. The van der Waals surface area contributed by atoms with Crippen LogP contribution in [0.1, 0.15) is 22.6 Å². The zero-order valence-corrected chi connectivity index (χ0v) is 11.1. The number of hydrogen-bond acceptors (Lipinski definition) is 4. The largest absolute Gasteiger partial charge is 0.383 e. The van der Waals surface area contributed by atoms with Crippen LogP contribution < -0.4 is 5.73 Å². The number of anilines is 1. The number of fused-ring (bicyclic) bond motifs is 1. The Kier molecular flexibility index (Phi) is 3.17. The van der Waals surface area contributed by atoms with Gasteiger partial charge < -0.3 is 5.73 Å². The lowest BCUT2D eigenvalue weighted by Crippen LogP contribution is -2.31. The quantitative estimate of drug-likeness (QED) is 0.889. The van der Waals surface area contributed by atoms with Gasteiger partial charge >= 0.3 is 0 Å². The molecular weight excluding hydrogens is 236 g/mol. The van der Waals surface area contributed by atoms with Gasteiger partial charge in [-0.15, -0.1) is 0 Å². The summed E-state index contributed by atoms with van der Waals surface area (Å²) in [6.45, 7) is 4.72. The third kappa shape index (κ3) is 2.58. The number of rotatable bonds is 2. The minimum atomic E-state index is 0.639. The topological polar surface area (TPSA) is 55.0 Å². The van der Waals surface area contributed by atoms with E-state index in [1.807, 2.05) is 13.0 Å². The van der Waals surface area contributed by atoms with Crippen LogP contribution in [0.15, 0.2) is 30.3 Å². The molecule has 0 saturated heterocycles. The molecular formula is C15H18N4. The Morgan fingerprint density at radius 2 is 2.00 bits per heavy atom. The summed E-state index contributed by atoms with van der Waals surface area (Å²) in [5.74, 6) is 1.41. The number of nitrogen functional groups attached to an aromatic ring is 1. The summed E-state index contributed by atoms with van der Waals surface area (Å²) in [6.07, 6.45) is 0.954. The molecule has 0 aliphatic carbocycles. The van der Waals surface area contributed by atoms with Crippen molar-refractivity contribution in [1.82, 2.24) is 14.9 Å². The van der Waals surface area contributed by atoms with Crippen LogP contribution >= 0.6 is 0 Å². The van der Waals surface area contributed by atoms with Crippen LogP contribution in [0.3, 0.4) is 0 Å². The SMILES string of the molecule is Cc1nc(N)c2c(n1)CCN(Cc1ccccc1)C2. The zero-order chi connectivity index (χ0) is 13.2. The molecule has 2 heterocycles. The number of aryl methyl sites for hydroxylation is 1. The van der Waals surface area contributed by atoms with Crippen molar-refractivity contribution < 1.29 is 0 Å². The Balaban J connectivity index is 1.79. The molecule has 4 heteroatoms. The van der Waals surface area contributed by atoms with Gasteiger partial charge in [0.15, 0.2) is 0 Å². The lowest BCUT2D eigenvalue weighted by molar-refractivity contribution is 0.243. The van der Waals surface area contributed by atoms with E-state index in [-0.39, 0.29) is 0 Å². The van der Waals surface area contributed by atoms with Crippen molar-refractivity contribution in [2.75, 3.05) is 12.3 Å². The van der Waals surface area contributed by atoms with E-state index in [1.165, 1.54) is 5.56 Å². The highest BCUT2D eigenvalue weighted by Crippen LogP contribution is 2.22. The Morgan fingerprint density at radius 3 is 2.79 bits per heavy atom. The summed E-state index contributed by atoms with van der Waals surface area (Å²) in [5.41, 5.74) is 9.58. The molecule has 3 rings (SSSR count). The van der Waals surface area contributed by atoms with E-state index in [0.717, 1.165) is 43.1 Å². The average molecular weight is 254 g/mol. The zero-order valence-electron chi connectivity index (χ0n) is 11.1. The first-order chi connectivity index (χ1) is 9.22. The van der Waals surface area contributed by atoms with Crippen molar-refractivity contribution in [3.05, 3.63) is 53.0 Å². The van der Waals surface area contributed by atoms with Crippen LogP contribution in [0.2, 0.25) is 0 Å². The predicted molar refractivity (Wildman–Crippen MR) is 75.4 cm³/mol. The van der Waals surface area contributed by atoms with Crippen LogP contribution in [0, 0.1) is 6.92 Å². The van der Waals surface area contributed by atoms with Crippen LogP contribution in [0.5, 0.6) is 0 Å². The second-order valence-electron chi connectivity index (χ2n) is 5.03. The molecule has 0 fully saturated rings. The summed E-state index contributed by atoms with van der Waals surface area (Å²) in [6, 6.07) is 10.5. The van der Waals surface area contributed by atoms with Gasteiger partial charge in [-0.05, 0) is 12.5 Å². The normalized spacial score (nSPS) is 15.2. The molecule has 0 amide bonds. The maximum Gasteiger partial charge on any atom is 0.131 e. The van der Waals surface area contributed by atoms with Gasteiger partial charge in [0, 0.05) is 31.6 Å². The Labute approximate surface area is 113 Å². The van der Waals surface area contributed by atoms with Crippen molar-refractivity contribution in [2.45, 2.75) is 26.4 Å². The van der Waals surface area contributed by atoms with E-state index in [2.05, 4.69) is 39.1 Å². The van der Waals surface area contributed by atoms with E-state index >= 15 is 0 Å². The molecule has 0 radical (unpaired) electrons. The molecule has 1 aromatic heterocycles. The van der Waals surface area contributed by atoms with Gasteiger partial charge in [-0.25, -0.2) is 9.97 Å². The first-order valence-electron chi connectivity index (χ1n) is 6.60. The van der Waals surface area contributed by atoms with Gasteiger partial charge in [0.25, 0.3) is 0 Å². The molecule has 0 spiro atoms. The number of nitrogens with two attached hydrogens (primary N) is 1. The Morgan fingerprint density at radius 1 is 1.21 bits per heavy atom. The van der Waals surface area contributed by atoms with Crippen molar-refractivity contribution in [1.29, 1.82) is 0 Å². The molecule has 98 valence electrons. The van der Waals surface area contributed by atoms with Gasteiger partial charge in [-0.2, -0.15) is 0 Å². The average Bonchev–Trinajstić information content (AvgIpc) is 2.40. The minimum Gasteiger partial charge on any atom is -0.383 e. The summed E-state index contributed by atoms with van der Waals surface area (Å²) >= 11 is 0. The Bertz CT molecular complexity index is 580. The second kappa shape index (κ2) is 4.97. The molecule has 4 nitrogen and oxygen atoms in total. The fourth-order valence-electron chi connectivity index (χ4n) is 2.60. The summed E-state index contributed by atoms with van der Waals surface area (Å²) in [5, 5.41) is 0. The fraction of sp³-hybridized carbons (Fsp3) is 0.333. The molecule has 1 aromatic carbocycles. The smallest absolute Gasteiger partial charge is 0.131 e. The first-order valence-corrected chi connectivity index (χ1v) is 6.60. The van der Waals surface area contributed by atoms with E-state index in [1.54, 1.807) is 0 Å². The van der Waals surface area contributed by atoms with Gasteiger partial charge in [-0.1, -0.05) is 30.3 Å². The fourth-order valence-corrected chi connectivity index (χ4v) is 2.60. The summed E-state index contributed by atoms with van der Waals surface area (Å²) in [7, 11) is 0. The molecule has 2 N–H and O–H groups in total. The third-order valence-electron chi connectivity index (χ3n) is 3.53. The third-order valence-corrected chi connectivity index (χ3v) is 3.53. The number of nitrogens with zero attached hydrogens (tertiary/aromatic N) is 3. The van der Waals surface area contributed by atoms with Crippen molar-refractivity contribution >= 4 is 5.82 Å². The van der Waals surface area contributed by atoms with Gasteiger partial charge in [-0.3, -0.25) is 4.90 Å². The van der Waals surface area contributed by atoms with Gasteiger partial charge in [0.1, 0.15) is 11.6 Å². The lowest BCUT2D eigenvalue weighted by atomic mass is 10.1. The standard InChI is InChI=1S/C15H18N4/c1-11-17-14-7-8-19(10-13(14)15(16)18-11)9-12-5-3-2-4-6-12/h2-6H,7-10H2,1H3,(H2,16,17,18). The summed E-state index contributed by atoms with van der Waals surface area (Å²) < 4.78 is 0. The highest BCUT2D eigenvalue weighted by atomic mass is 15.1. The van der Waals surface area contributed by atoms with E-state index in [4.69, 9.17) is 5.73 Å². The first kappa shape index (κ1) is 12.1. The molecule has 0 saturated carbocycles. The Hall–Kier alpha value is -1.94. The maximum atomic E-state index is 6.02. The molecule has 0 atom stereocenters. The monoisotopic (exact) mass is 254 g/mol. The molecule has 19 heavy (non-hydrogen) atoms. The number of benzene rings is 1.